The summed E-state index contributed by atoms with van der Waals surface area (Å²) in [6.07, 6.45) is 9.35. The van der Waals surface area contributed by atoms with Gasteiger partial charge in [0, 0.05) is 11.3 Å². The monoisotopic (exact) mass is 285 g/mol. The minimum atomic E-state index is -0.453. The highest BCUT2D eigenvalue weighted by molar-refractivity contribution is 8.00. The fourth-order valence-corrected chi connectivity index (χ4v) is 3.37. The molecule has 7 heteroatoms. The minimum Gasteiger partial charge on any atom is -0.366 e. The third-order valence-electron chi connectivity index (χ3n) is 3.65. The van der Waals surface area contributed by atoms with Crippen molar-refractivity contribution < 1.29 is 4.39 Å². The van der Waals surface area contributed by atoms with E-state index in [4.69, 9.17) is 5.84 Å². The van der Waals surface area contributed by atoms with Crippen molar-refractivity contribution in [3.8, 4) is 0 Å². The first-order valence-electron chi connectivity index (χ1n) is 6.47. The van der Waals surface area contributed by atoms with Crippen LogP contribution < -0.4 is 16.6 Å². The quantitative estimate of drug-likeness (QED) is 0.569. The number of hydrogen-bond acceptors (Lipinski definition) is 6. The molecule has 19 heavy (non-hydrogen) atoms. The lowest BCUT2D eigenvalue weighted by molar-refractivity contribution is 0.410. The molecule has 1 saturated carbocycles. The summed E-state index contributed by atoms with van der Waals surface area (Å²) in [6, 6.07) is 0. The van der Waals surface area contributed by atoms with Crippen molar-refractivity contribution in [3.63, 3.8) is 0 Å². The van der Waals surface area contributed by atoms with Crippen LogP contribution in [0.25, 0.3) is 0 Å². The molecular formula is C12H20FN5S. The number of aromatic nitrogens is 2. The summed E-state index contributed by atoms with van der Waals surface area (Å²) in [5.74, 6) is 5.20. The van der Waals surface area contributed by atoms with Crippen LogP contribution >= 0.6 is 11.8 Å². The van der Waals surface area contributed by atoms with Gasteiger partial charge in [-0.1, -0.05) is 19.3 Å². The van der Waals surface area contributed by atoms with Gasteiger partial charge in [0.1, 0.15) is 0 Å². The van der Waals surface area contributed by atoms with Crippen LogP contribution in [-0.2, 0) is 0 Å². The zero-order valence-corrected chi connectivity index (χ0v) is 11.9. The van der Waals surface area contributed by atoms with Crippen LogP contribution in [0.15, 0.2) is 6.20 Å². The number of nitrogens with one attached hydrogen (secondary N) is 2. The molecule has 0 atom stereocenters. The summed E-state index contributed by atoms with van der Waals surface area (Å²) in [7, 11) is 0. The van der Waals surface area contributed by atoms with E-state index in [-0.39, 0.29) is 16.5 Å². The molecule has 1 aliphatic rings. The highest BCUT2D eigenvalue weighted by Gasteiger charge is 2.31. The summed E-state index contributed by atoms with van der Waals surface area (Å²) in [5, 5.41) is 3.11. The van der Waals surface area contributed by atoms with Crippen molar-refractivity contribution in [1.82, 2.24) is 9.97 Å². The number of rotatable bonds is 5. The molecule has 0 bridgehead atoms. The van der Waals surface area contributed by atoms with Gasteiger partial charge < -0.3 is 5.32 Å². The summed E-state index contributed by atoms with van der Waals surface area (Å²) in [5.41, 5.74) is 2.32. The fraction of sp³-hybridized carbons (Fsp3) is 0.667. The Labute approximate surface area is 116 Å². The number of halogens is 1. The Kier molecular flexibility index (Phi) is 4.81. The smallest absolute Gasteiger partial charge is 0.239 e. The maximum atomic E-state index is 13.6. The molecule has 5 nitrogen and oxygen atoms in total. The summed E-state index contributed by atoms with van der Waals surface area (Å²) < 4.78 is 13.8. The average molecular weight is 285 g/mol. The third kappa shape index (κ3) is 3.48. The maximum Gasteiger partial charge on any atom is 0.239 e. The minimum absolute atomic E-state index is 0.186. The molecular weight excluding hydrogens is 265 g/mol. The predicted octanol–water partition coefficient (Wildman–Crippen LogP) is 2.38. The molecule has 1 aromatic heterocycles. The van der Waals surface area contributed by atoms with Crippen LogP contribution in [0.4, 0.5) is 16.2 Å². The van der Waals surface area contributed by atoms with E-state index < -0.39 is 5.82 Å². The highest BCUT2D eigenvalue weighted by Crippen LogP contribution is 2.38. The summed E-state index contributed by atoms with van der Waals surface area (Å²) in [6.45, 7) is 0.714. The Morgan fingerprint density at radius 3 is 2.79 bits per heavy atom. The topological polar surface area (TPSA) is 75.9 Å². The van der Waals surface area contributed by atoms with Crippen molar-refractivity contribution in [3.05, 3.63) is 12.0 Å². The van der Waals surface area contributed by atoms with Crippen molar-refractivity contribution in [2.75, 3.05) is 23.5 Å². The SMILES string of the molecule is CSC1(CNc2nc(NN)ncc2F)CCCCC1. The van der Waals surface area contributed by atoms with Gasteiger partial charge in [0.15, 0.2) is 11.6 Å². The first-order chi connectivity index (χ1) is 9.19. The van der Waals surface area contributed by atoms with Crippen LogP contribution in [0.5, 0.6) is 0 Å². The molecule has 0 radical (unpaired) electrons. The molecule has 0 spiro atoms. The van der Waals surface area contributed by atoms with Crippen molar-refractivity contribution in [1.29, 1.82) is 0 Å². The van der Waals surface area contributed by atoms with Gasteiger partial charge in [-0.2, -0.15) is 16.7 Å². The van der Waals surface area contributed by atoms with Crippen molar-refractivity contribution >= 4 is 23.5 Å². The summed E-state index contributed by atoms with van der Waals surface area (Å²) >= 11 is 1.86. The van der Waals surface area contributed by atoms with E-state index in [1.807, 2.05) is 11.8 Å². The van der Waals surface area contributed by atoms with Crippen LogP contribution in [0.1, 0.15) is 32.1 Å². The van der Waals surface area contributed by atoms with Crippen LogP contribution in [0.3, 0.4) is 0 Å². The molecule has 0 aromatic carbocycles. The van der Waals surface area contributed by atoms with Gasteiger partial charge in [0.25, 0.3) is 0 Å². The number of hydrazine groups is 1. The van der Waals surface area contributed by atoms with Crippen molar-refractivity contribution in [2.24, 2.45) is 5.84 Å². The number of thioether (sulfide) groups is 1. The van der Waals surface area contributed by atoms with E-state index in [1.165, 1.54) is 19.3 Å². The molecule has 106 valence electrons. The Balaban J connectivity index is 2.04. The van der Waals surface area contributed by atoms with E-state index >= 15 is 0 Å². The zero-order chi connectivity index (χ0) is 13.7. The fourth-order valence-electron chi connectivity index (χ4n) is 2.45. The Morgan fingerprint density at radius 2 is 2.16 bits per heavy atom. The first kappa shape index (κ1) is 14.3. The number of nitrogens with zero attached hydrogens (tertiary/aromatic N) is 2. The normalized spacial score (nSPS) is 18.1. The number of hydrogen-bond donors (Lipinski definition) is 3. The second-order valence-corrected chi connectivity index (χ2v) is 6.11. The maximum absolute atomic E-state index is 13.6. The molecule has 2 rings (SSSR count). The van der Waals surface area contributed by atoms with Gasteiger partial charge in [-0.05, 0) is 19.1 Å². The molecule has 0 unspecified atom stereocenters. The van der Waals surface area contributed by atoms with Gasteiger partial charge in [0.2, 0.25) is 5.95 Å². The molecule has 1 heterocycles. The van der Waals surface area contributed by atoms with Gasteiger partial charge >= 0.3 is 0 Å². The van der Waals surface area contributed by atoms with Crippen molar-refractivity contribution in [2.45, 2.75) is 36.9 Å². The van der Waals surface area contributed by atoms with E-state index in [0.717, 1.165) is 19.0 Å². The van der Waals surface area contributed by atoms with Gasteiger partial charge in [-0.3, -0.25) is 5.43 Å². The lowest BCUT2D eigenvalue weighted by atomic mass is 9.88. The number of nitrogen functional groups attached to an aromatic ring is 1. The standard InChI is InChI=1S/C12H20FN5S/c1-19-12(5-3-2-4-6-12)8-16-10-9(13)7-15-11(17-10)18-14/h7H,2-6,8,14H2,1H3,(H2,15,16,17,18). The average Bonchev–Trinajstić information content (AvgIpc) is 2.47. The molecule has 1 aliphatic carbocycles. The van der Waals surface area contributed by atoms with Crippen LogP contribution in [0, 0.1) is 5.82 Å². The number of anilines is 2. The lowest BCUT2D eigenvalue weighted by Gasteiger charge is -2.36. The van der Waals surface area contributed by atoms with Gasteiger partial charge in [-0.15, -0.1) is 0 Å². The third-order valence-corrected chi connectivity index (χ3v) is 5.07. The largest absolute Gasteiger partial charge is 0.366 e. The highest BCUT2D eigenvalue weighted by atomic mass is 32.2. The van der Waals surface area contributed by atoms with E-state index in [0.29, 0.717) is 6.54 Å². The second kappa shape index (κ2) is 6.38. The number of nitrogens with two attached hydrogens (primary N) is 1. The van der Waals surface area contributed by atoms with Crippen LogP contribution in [-0.4, -0.2) is 27.5 Å². The van der Waals surface area contributed by atoms with Gasteiger partial charge in [-0.25, -0.2) is 15.2 Å². The molecule has 1 aromatic rings. The lowest BCUT2D eigenvalue weighted by Crippen LogP contribution is -2.36. The molecule has 0 amide bonds. The molecule has 0 aliphatic heterocycles. The predicted molar refractivity (Wildman–Crippen MR) is 77.6 cm³/mol. The second-order valence-electron chi connectivity index (χ2n) is 4.84. The van der Waals surface area contributed by atoms with E-state index in [9.17, 15) is 4.39 Å². The van der Waals surface area contributed by atoms with Gasteiger partial charge in [0.05, 0.1) is 6.20 Å². The first-order valence-corrected chi connectivity index (χ1v) is 7.70. The van der Waals surface area contributed by atoms with Crippen LogP contribution in [0.2, 0.25) is 0 Å². The molecule has 0 saturated heterocycles. The Bertz CT molecular complexity index is 423. The Morgan fingerprint density at radius 1 is 1.42 bits per heavy atom. The van der Waals surface area contributed by atoms with E-state index in [1.54, 1.807) is 0 Å². The molecule has 1 fully saturated rings. The zero-order valence-electron chi connectivity index (χ0n) is 11.1. The molecule has 4 N–H and O–H groups in total. The summed E-state index contributed by atoms with van der Waals surface area (Å²) in [4.78, 5) is 7.72. The Hall–Kier alpha value is -1.08. The van der Waals surface area contributed by atoms with E-state index in [2.05, 4.69) is 27.0 Å².